The van der Waals surface area contributed by atoms with Crippen LogP contribution in [0.5, 0.6) is 17.2 Å². The normalized spacial score (nSPS) is 15.0. The molecular formula is C21H21NO4. The molecule has 0 bridgehead atoms. The van der Waals surface area contributed by atoms with Crippen molar-refractivity contribution in [2.45, 2.75) is 19.4 Å². The van der Waals surface area contributed by atoms with Gasteiger partial charge in [0.1, 0.15) is 5.60 Å². The van der Waals surface area contributed by atoms with E-state index in [9.17, 15) is 4.79 Å². The van der Waals surface area contributed by atoms with Crippen molar-refractivity contribution in [1.82, 2.24) is 4.57 Å². The molecular weight excluding hydrogens is 330 g/mol. The molecule has 0 fully saturated rings. The van der Waals surface area contributed by atoms with Gasteiger partial charge in [0, 0.05) is 18.0 Å². The number of methoxy groups -OCH3 is 2. The molecule has 4 rings (SSSR count). The Hall–Kier alpha value is -2.95. The fourth-order valence-electron chi connectivity index (χ4n) is 3.68. The Bertz CT molecular complexity index is 1140. The summed E-state index contributed by atoms with van der Waals surface area (Å²) in [5, 5.41) is 1.14. The summed E-state index contributed by atoms with van der Waals surface area (Å²) in [5.41, 5.74) is 1.90. The summed E-state index contributed by atoms with van der Waals surface area (Å²) in [5.74, 6) is 1.44. The average molecular weight is 351 g/mol. The van der Waals surface area contributed by atoms with Gasteiger partial charge >= 0.3 is 0 Å². The molecule has 0 saturated carbocycles. The molecule has 0 spiro atoms. The Labute approximate surface area is 151 Å². The van der Waals surface area contributed by atoms with Gasteiger partial charge in [-0.3, -0.25) is 4.79 Å². The molecule has 134 valence electrons. The lowest BCUT2D eigenvalue weighted by atomic mass is 9.97. The van der Waals surface area contributed by atoms with E-state index in [4.69, 9.17) is 14.2 Å². The maximum Gasteiger partial charge on any atom is 0.204 e. The quantitative estimate of drug-likeness (QED) is 0.657. The summed E-state index contributed by atoms with van der Waals surface area (Å²) in [4.78, 5) is 13.3. The standard InChI is InChI=1S/C21H21NO4/c1-21(2)11-10-13-16-15(19(24-4)20(25-5)18(13)26-21)17(23)12-8-6-7-9-14(12)22(16)3/h6-11H,1-5H3. The van der Waals surface area contributed by atoms with E-state index in [2.05, 4.69) is 0 Å². The maximum absolute atomic E-state index is 13.3. The van der Waals surface area contributed by atoms with E-state index in [1.807, 2.05) is 61.9 Å². The average Bonchev–Trinajstić information content (AvgIpc) is 2.63. The highest BCUT2D eigenvalue weighted by atomic mass is 16.5. The molecule has 0 atom stereocenters. The third kappa shape index (κ3) is 2.13. The summed E-state index contributed by atoms with van der Waals surface area (Å²) < 4.78 is 19.4. The van der Waals surface area contributed by atoms with Gasteiger partial charge in [-0.2, -0.15) is 0 Å². The molecule has 0 N–H and O–H groups in total. The van der Waals surface area contributed by atoms with Gasteiger partial charge in [0.25, 0.3) is 0 Å². The molecule has 0 unspecified atom stereocenters. The Morgan fingerprint density at radius 3 is 2.46 bits per heavy atom. The second kappa shape index (κ2) is 5.53. The molecule has 1 aromatic heterocycles. The Morgan fingerprint density at radius 1 is 1.08 bits per heavy atom. The summed E-state index contributed by atoms with van der Waals surface area (Å²) in [6, 6.07) is 7.56. The molecule has 3 aromatic rings. The molecule has 5 nitrogen and oxygen atoms in total. The van der Waals surface area contributed by atoms with Crippen molar-refractivity contribution >= 4 is 27.9 Å². The van der Waals surface area contributed by atoms with Crippen LogP contribution in [0.2, 0.25) is 0 Å². The van der Waals surface area contributed by atoms with Crippen LogP contribution in [0.4, 0.5) is 0 Å². The van der Waals surface area contributed by atoms with Crippen LogP contribution in [0.1, 0.15) is 19.4 Å². The number of hydrogen-bond acceptors (Lipinski definition) is 4. The van der Waals surface area contributed by atoms with Crippen LogP contribution in [0.25, 0.3) is 27.9 Å². The number of rotatable bonds is 2. The van der Waals surface area contributed by atoms with Crippen LogP contribution in [0, 0.1) is 0 Å². The lowest BCUT2D eigenvalue weighted by molar-refractivity contribution is 0.151. The maximum atomic E-state index is 13.3. The summed E-state index contributed by atoms with van der Waals surface area (Å²) in [7, 11) is 5.05. The van der Waals surface area contributed by atoms with Crippen LogP contribution in [0.15, 0.2) is 35.1 Å². The van der Waals surface area contributed by atoms with Crippen LogP contribution in [-0.4, -0.2) is 24.4 Å². The first-order chi connectivity index (χ1) is 12.4. The van der Waals surface area contributed by atoms with E-state index >= 15 is 0 Å². The van der Waals surface area contributed by atoms with E-state index in [1.54, 1.807) is 14.2 Å². The van der Waals surface area contributed by atoms with E-state index in [1.165, 1.54) is 0 Å². The monoisotopic (exact) mass is 351 g/mol. The summed E-state index contributed by atoms with van der Waals surface area (Å²) >= 11 is 0. The first kappa shape index (κ1) is 16.5. The number of benzene rings is 2. The fourth-order valence-corrected chi connectivity index (χ4v) is 3.68. The summed E-state index contributed by atoms with van der Waals surface area (Å²) in [6.45, 7) is 3.95. The van der Waals surface area contributed by atoms with Crippen molar-refractivity contribution in [3.8, 4) is 17.2 Å². The minimum atomic E-state index is -0.477. The van der Waals surface area contributed by atoms with E-state index in [-0.39, 0.29) is 5.43 Å². The minimum absolute atomic E-state index is 0.0788. The zero-order chi connectivity index (χ0) is 18.6. The number of ether oxygens (including phenoxy) is 3. The smallest absolute Gasteiger partial charge is 0.204 e. The molecule has 0 amide bonds. The largest absolute Gasteiger partial charge is 0.492 e. The highest BCUT2D eigenvalue weighted by Gasteiger charge is 2.31. The minimum Gasteiger partial charge on any atom is -0.492 e. The zero-order valence-corrected chi connectivity index (χ0v) is 15.5. The Balaban J connectivity index is 2.32. The molecule has 2 aromatic carbocycles. The molecule has 0 saturated heterocycles. The first-order valence-corrected chi connectivity index (χ1v) is 8.47. The van der Waals surface area contributed by atoms with Crippen molar-refractivity contribution in [3.05, 3.63) is 46.1 Å². The van der Waals surface area contributed by atoms with Crippen molar-refractivity contribution < 1.29 is 14.2 Å². The molecule has 5 heteroatoms. The number of nitrogens with zero attached hydrogens (tertiary/aromatic N) is 1. The van der Waals surface area contributed by atoms with E-state index in [0.29, 0.717) is 28.0 Å². The number of pyridine rings is 1. The highest BCUT2D eigenvalue weighted by molar-refractivity contribution is 6.04. The highest BCUT2D eigenvalue weighted by Crippen LogP contribution is 2.49. The van der Waals surface area contributed by atoms with Gasteiger partial charge in [-0.25, -0.2) is 0 Å². The zero-order valence-electron chi connectivity index (χ0n) is 15.5. The van der Waals surface area contributed by atoms with Crippen molar-refractivity contribution in [1.29, 1.82) is 0 Å². The van der Waals surface area contributed by atoms with Crippen LogP contribution < -0.4 is 19.6 Å². The van der Waals surface area contributed by atoms with Gasteiger partial charge in [0.15, 0.2) is 11.5 Å². The second-order valence-electron chi connectivity index (χ2n) is 6.98. The topological polar surface area (TPSA) is 49.7 Å². The molecule has 1 aliphatic heterocycles. The van der Waals surface area contributed by atoms with Gasteiger partial charge in [0.05, 0.1) is 30.6 Å². The number of fused-ring (bicyclic) bond motifs is 4. The van der Waals surface area contributed by atoms with Crippen molar-refractivity contribution in [2.24, 2.45) is 7.05 Å². The molecule has 0 radical (unpaired) electrons. The SMILES string of the molecule is COc1c2c(c3c(c1OC)c(=O)c1ccccc1n3C)C=CC(C)(C)O2. The van der Waals surface area contributed by atoms with E-state index < -0.39 is 5.60 Å². The third-order valence-electron chi connectivity index (χ3n) is 4.87. The first-order valence-electron chi connectivity index (χ1n) is 8.47. The van der Waals surface area contributed by atoms with E-state index in [0.717, 1.165) is 16.6 Å². The predicted octanol–water partition coefficient (Wildman–Crippen LogP) is 3.89. The molecule has 26 heavy (non-hydrogen) atoms. The predicted molar refractivity (Wildman–Crippen MR) is 104 cm³/mol. The van der Waals surface area contributed by atoms with Gasteiger partial charge in [-0.1, -0.05) is 12.1 Å². The van der Waals surface area contributed by atoms with Crippen LogP contribution in [0.3, 0.4) is 0 Å². The van der Waals surface area contributed by atoms with Gasteiger partial charge in [-0.15, -0.1) is 0 Å². The van der Waals surface area contributed by atoms with Crippen molar-refractivity contribution in [3.63, 3.8) is 0 Å². The molecule has 1 aliphatic rings. The Kier molecular flexibility index (Phi) is 3.51. The second-order valence-corrected chi connectivity index (χ2v) is 6.98. The molecule has 0 aliphatic carbocycles. The van der Waals surface area contributed by atoms with Crippen molar-refractivity contribution in [2.75, 3.05) is 14.2 Å². The van der Waals surface area contributed by atoms with Gasteiger partial charge < -0.3 is 18.8 Å². The van der Waals surface area contributed by atoms with Gasteiger partial charge in [-0.05, 0) is 38.1 Å². The fraction of sp³-hybridized carbons (Fsp3) is 0.286. The Morgan fingerprint density at radius 2 is 1.77 bits per heavy atom. The number of aryl methyl sites for hydroxylation is 1. The third-order valence-corrected chi connectivity index (χ3v) is 4.87. The summed E-state index contributed by atoms with van der Waals surface area (Å²) in [6.07, 6.45) is 3.98. The molecule has 2 heterocycles. The van der Waals surface area contributed by atoms with Crippen LogP contribution >= 0.6 is 0 Å². The lowest BCUT2D eigenvalue weighted by Gasteiger charge is -2.31. The lowest BCUT2D eigenvalue weighted by Crippen LogP contribution is -2.28. The number of para-hydroxylation sites is 1. The number of hydrogen-bond donors (Lipinski definition) is 0. The van der Waals surface area contributed by atoms with Crippen LogP contribution in [-0.2, 0) is 7.05 Å². The number of aromatic nitrogens is 1. The van der Waals surface area contributed by atoms with Gasteiger partial charge in [0.2, 0.25) is 11.2 Å².